The Hall–Kier alpha value is -3.49. The lowest BCUT2D eigenvalue weighted by Gasteiger charge is -2.10. The number of benzene rings is 1. The maximum atomic E-state index is 13.3. The van der Waals surface area contributed by atoms with Crippen LogP contribution in [0.25, 0.3) is 28.2 Å². The molecule has 0 fully saturated rings. The average Bonchev–Trinajstić information content (AvgIpc) is 3.06. The van der Waals surface area contributed by atoms with Crippen LogP contribution >= 0.6 is 0 Å². The van der Waals surface area contributed by atoms with Crippen LogP contribution in [0.4, 0.5) is 17.6 Å². The van der Waals surface area contributed by atoms with Crippen molar-refractivity contribution in [2.24, 2.45) is 0 Å². The molecular weight excluding hydrogens is 376 g/mol. The largest absolute Gasteiger partial charge is 0.481 e. The van der Waals surface area contributed by atoms with Gasteiger partial charge in [-0.2, -0.15) is 13.2 Å². The van der Waals surface area contributed by atoms with E-state index in [1.807, 2.05) is 0 Å². The van der Waals surface area contributed by atoms with Crippen LogP contribution in [0.1, 0.15) is 5.56 Å². The summed E-state index contributed by atoms with van der Waals surface area (Å²) in [7, 11) is 1.47. The van der Waals surface area contributed by atoms with Gasteiger partial charge in [0.05, 0.1) is 41.8 Å². The van der Waals surface area contributed by atoms with E-state index >= 15 is 0 Å². The molecule has 5 nitrogen and oxygen atoms in total. The minimum absolute atomic E-state index is 0.131. The second kappa shape index (κ2) is 6.59. The number of hydrogen-bond donors (Lipinski definition) is 0. The normalized spacial score (nSPS) is 11.8. The van der Waals surface area contributed by atoms with Gasteiger partial charge < -0.3 is 4.74 Å². The molecule has 0 bridgehead atoms. The summed E-state index contributed by atoms with van der Waals surface area (Å²) < 4.78 is 59.2. The Balaban J connectivity index is 1.98. The predicted octanol–water partition coefficient (Wildman–Crippen LogP) is 4.65. The van der Waals surface area contributed by atoms with Crippen molar-refractivity contribution >= 4 is 11.0 Å². The van der Waals surface area contributed by atoms with Crippen molar-refractivity contribution < 1.29 is 22.3 Å². The van der Waals surface area contributed by atoms with E-state index in [-0.39, 0.29) is 11.3 Å². The Morgan fingerprint density at radius 3 is 2.39 bits per heavy atom. The van der Waals surface area contributed by atoms with Crippen LogP contribution in [0.5, 0.6) is 5.88 Å². The summed E-state index contributed by atoms with van der Waals surface area (Å²) in [5.41, 5.74) is 0.607. The van der Waals surface area contributed by atoms with E-state index < -0.39 is 17.6 Å². The zero-order chi connectivity index (χ0) is 19.9. The highest BCUT2D eigenvalue weighted by molar-refractivity contribution is 5.83. The third-order valence-electron chi connectivity index (χ3n) is 4.13. The van der Waals surface area contributed by atoms with Gasteiger partial charge in [0, 0.05) is 6.07 Å². The van der Waals surface area contributed by atoms with E-state index in [1.165, 1.54) is 31.5 Å². The number of alkyl halides is 3. The molecule has 0 unspecified atom stereocenters. The molecule has 0 spiro atoms. The molecular formula is C19H12F4N4O. The van der Waals surface area contributed by atoms with Gasteiger partial charge in [0.2, 0.25) is 5.88 Å². The van der Waals surface area contributed by atoms with Crippen LogP contribution in [-0.4, -0.2) is 26.6 Å². The van der Waals surface area contributed by atoms with Gasteiger partial charge in [0.1, 0.15) is 11.5 Å². The highest BCUT2D eigenvalue weighted by Gasteiger charge is 2.31. The fraction of sp³-hybridized carbons (Fsp3) is 0.105. The van der Waals surface area contributed by atoms with Gasteiger partial charge in [0.15, 0.2) is 5.82 Å². The Morgan fingerprint density at radius 2 is 1.79 bits per heavy atom. The summed E-state index contributed by atoms with van der Waals surface area (Å²) in [5, 5.41) is 0. The molecule has 0 aliphatic heterocycles. The Labute approximate surface area is 156 Å². The van der Waals surface area contributed by atoms with Crippen molar-refractivity contribution in [2.75, 3.05) is 7.11 Å². The number of ether oxygens (including phenoxy) is 1. The maximum absolute atomic E-state index is 13.3. The number of fused-ring (bicyclic) bond motifs is 1. The van der Waals surface area contributed by atoms with Gasteiger partial charge in [0.25, 0.3) is 0 Å². The first-order valence-electron chi connectivity index (χ1n) is 8.09. The topological polar surface area (TPSA) is 52.8 Å². The molecule has 3 aromatic heterocycles. The van der Waals surface area contributed by atoms with Gasteiger partial charge in [-0.25, -0.2) is 19.3 Å². The molecule has 0 saturated carbocycles. The van der Waals surface area contributed by atoms with Crippen molar-refractivity contribution in [3.8, 4) is 23.1 Å². The van der Waals surface area contributed by atoms with Crippen LogP contribution < -0.4 is 4.74 Å². The van der Waals surface area contributed by atoms with Gasteiger partial charge in [-0.15, -0.1) is 0 Å². The SMILES string of the molecule is COc1ccc(-n2c(-c3ccc(F)cn3)nc3cc(C(F)(F)F)ccc32)cn1. The number of imidazole rings is 1. The average molecular weight is 388 g/mol. The molecule has 0 atom stereocenters. The smallest absolute Gasteiger partial charge is 0.416 e. The number of rotatable bonds is 3. The molecule has 0 aliphatic rings. The summed E-state index contributed by atoms with van der Waals surface area (Å²) >= 11 is 0. The zero-order valence-electron chi connectivity index (χ0n) is 14.4. The van der Waals surface area contributed by atoms with E-state index in [1.54, 1.807) is 16.7 Å². The summed E-state index contributed by atoms with van der Waals surface area (Å²) in [4.78, 5) is 12.5. The number of nitrogens with zero attached hydrogens (tertiary/aromatic N) is 4. The molecule has 0 amide bonds. The van der Waals surface area contributed by atoms with Crippen molar-refractivity contribution in [1.82, 2.24) is 19.5 Å². The molecule has 28 heavy (non-hydrogen) atoms. The van der Waals surface area contributed by atoms with Gasteiger partial charge in [-0.3, -0.25) is 4.57 Å². The van der Waals surface area contributed by atoms with E-state index in [9.17, 15) is 17.6 Å². The fourth-order valence-electron chi connectivity index (χ4n) is 2.82. The number of hydrogen-bond acceptors (Lipinski definition) is 4. The molecule has 1 aromatic carbocycles. The lowest BCUT2D eigenvalue weighted by molar-refractivity contribution is -0.137. The van der Waals surface area contributed by atoms with Crippen LogP contribution in [0.2, 0.25) is 0 Å². The summed E-state index contributed by atoms with van der Waals surface area (Å²) in [6.45, 7) is 0. The minimum atomic E-state index is -4.49. The summed E-state index contributed by atoms with van der Waals surface area (Å²) in [6, 6.07) is 9.22. The van der Waals surface area contributed by atoms with Crippen LogP contribution in [0.3, 0.4) is 0 Å². The van der Waals surface area contributed by atoms with E-state index in [0.29, 0.717) is 22.8 Å². The Morgan fingerprint density at radius 1 is 0.964 bits per heavy atom. The molecule has 4 rings (SSSR count). The zero-order valence-corrected chi connectivity index (χ0v) is 14.4. The second-order valence-corrected chi connectivity index (χ2v) is 5.89. The number of methoxy groups -OCH3 is 1. The van der Waals surface area contributed by atoms with Gasteiger partial charge >= 0.3 is 6.18 Å². The quantitative estimate of drug-likeness (QED) is 0.480. The molecule has 0 radical (unpaired) electrons. The molecule has 142 valence electrons. The van der Waals surface area contributed by atoms with Crippen molar-refractivity contribution in [3.63, 3.8) is 0 Å². The highest BCUT2D eigenvalue weighted by atomic mass is 19.4. The Kier molecular flexibility index (Phi) is 4.21. The minimum Gasteiger partial charge on any atom is -0.481 e. The monoisotopic (exact) mass is 388 g/mol. The lowest BCUT2D eigenvalue weighted by atomic mass is 10.2. The van der Waals surface area contributed by atoms with Crippen molar-refractivity contribution in [3.05, 3.63) is 66.2 Å². The lowest BCUT2D eigenvalue weighted by Crippen LogP contribution is -2.04. The van der Waals surface area contributed by atoms with E-state index in [0.717, 1.165) is 18.3 Å². The van der Waals surface area contributed by atoms with Gasteiger partial charge in [-0.05, 0) is 36.4 Å². The highest BCUT2D eigenvalue weighted by Crippen LogP contribution is 2.34. The van der Waals surface area contributed by atoms with E-state index in [2.05, 4.69) is 15.0 Å². The first-order valence-corrected chi connectivity index (χ1v) is 8.09. The Bertz CT molecular complexity index is 1140. The number of halogens is 4. The fourth-order valence-corrected chi connectivity index (χ4v) is 2.82. The van der Waals surface area contributed by atoms with Crippen LogP contribution in [0.15, 0.2) is 54.9 Å². The van der Waals surface area contributed by atoms with Gasteiger partial charge in [-0.1, -0.05) is 0 Å². The van der Waals surface area contributed by atoms with Crippen molar-refractivity contribution in [1.29, 1.82) is 0 Å². The third-order valence-corrected chi connectivity index (χ3v) is 4.13. The molecule has 3 heterocycles. The van der Waals surface area contributed by atoms with Crippen LogP contribution in [-0.2, 0) is 6.18 Å². The molecule has 0 saturated heterocycles. The first kappa shape index (κ1) is 17.9. The second-order valence-electron chi connectivity index (χ2n) is 5.89. The first-order chi connectivity index (χ1) is 13.4. The molecule has 0 N–H and O–H groups in total. The number of aromatic nitrogens is 4. The molecule has 0 aliphatic carbocycles. The standard InChI is InChI=1S/C19H12F4N4O/c1-28-17-7-4-13(10-25-17)27-16-6-2-11(19(21,22)23)8-15(16)26-18(27)14-5-3-12(20)9-24-14/h2-10H,1H3. The van der Waals surface area contributed by atoms with Crippen molar-refractivity contribution in [2.45, 2.75) is 6.18 Å². The molecule has 9 heteroatoms. The van der Waals surface area contributed by atoms with E-state index in [4.69, 9.17) is 4.74 Å². The molecule has 4 aromatic rings. The maximum Gasteiger partial charge on any atom is 0.416 e. The third kappa shape index (κ3) is 3.15. The van der Waals surface area contributed by atoms with Crippen LogP contribution in [0, 0.1) is 5.82 Å². The summed E-state index contributed by atoms with van der Waals surface area (Å²) in [5.74, 6) is 0.118. The number of pyridine rings is 2. The summed E-state index contributed by atoms with van der Waals surface area (Å²) in [6.07, 6.45) is -1.97. The predicted molar refractivity (Wildman–Crippen MR) is 93.6 cm³/mol.